The Kier molecular flexibility index (Phi) is 6.42. The molecule has 1 N–H and O–H groups in total. The third-order valence-electron chi connectivity index (χ3n) is 7.81. The van der Waals surface area contributed by atoms with Gasteiger partial charge in [-0.3, -0.25) is 19.2 Å². The molecule has 1 aromatic carbocycles. The Bertz CT molecular complexity index is 1340. The van der Waals surface area contributed by atoms with Crippen molar-refractivity contribution in [3.05, 3.63) is 92.6 Å². The van der Waals surface area contributed by atoms with E-state index in [-0.39, 0.29) is 12.2 Å². The Morgan fingerprint density at radius 3 is 2.86 bits per heavy atom. The SMILES string of the molecule is O=c1cc(OCc2ccc(Cl)cn2)ccn1C1=Cc2ccc(CN3CCC4(CCNC4)C3)cc2CC1. The minimum atomic E-state index is -0.0905. The van der Waals surface area contributed by atoms with Crippen LogP contribution in [0.4, 0.5) is 0 Å². The van der Waals surface area contributed by atoms with Crippen LogP contribution in [0.2, 0.25) is 5.02 Å². The summed E-state index contributed by atoms with van der Waals surface area (Å²) in [6, 6.07) is 13.8. The number of nitrogens with zero attached hydrogens (tertiary/aromatic N) is 3. The maximum absolute atomic E-state index is 12.9. The molecule has 1 unspecified atom stereocenters. The molecule has 2 aliphatic heterocycles. The van der Waals surface area contributed by atoms with E-state index < -0.39 is 0 Å². The first-order valence-corrected chi connectivity index (χ1v) is 13.1. The number of likely N-dealkylation sites (tertiary alicyclic amines) is 1. The van der Waals surface area contributed by atoms with Gasteiger partial charge in [-0.05, 0) is 85.2 Å². The molecule has 36 heavy (non-hydrogen) atoms. The van der Waals surface area contributed by atoms with Crippen molar-refractivity contribution in [3.63, 3.8) is 0 Å². The Morgan fingerprint density at radius 1 is 1.11 bits per heavy atom. The number of fused-ring (bicyclic) bond motifs is 1. The first kappa shape index (κ1) is 23.5. The number of nitrogens with one attached hydrogen (secondary N) is 1. The molecular weight excluding hydrogens is 472 g/mol. The van der Waals surface area contributed by atoms with E-state index in [9.17, 15) is 4.79 Å². The molecule has 0 saturated carbocycles. The molecule has 0 amide bonds. The molecule has 2 fully saturated rings. The molecule has 6 rings (SSSR count). The quantitative estimate of drug-likeness (QED) is 0.533. The van der Waals surface area contributed by atoms with Gasteiger partial charge in [-0.15, -0.1) is 0 Å². The van der Waals surface area contributed by atoms with Gasteiger partial charge >= 0.3 is 0 Å². The lowest BCUT2D eigenvalue weighted by atomic mass is 9.86. The van der Waals surface area contributed by atoms with Gasteiger partial charge in [-0.2, -0.15) is 0 Å². The highest BCUT2D eigenvalue weighted by atomic mass is 35.5. The van der Waals surface area contributed by atoms with Crippen LogP contribution >= 0.6 is 11.6 Å². The topological polar surface area (TPSA) is 59.4 Å². The summed E-state index contributed by atoms with van der Waals surface area (Å²) in [4.78, 5) is 19.7. The lowest BCUT2D eigenvalue weighted by Crippen LogP contribution is -2.29. The van der Waals surface area contributed by atoms with Gasteiger partial charge in [0, 0.05) is 43.8 Å². The van der Waals surface area contributed by atoms with Crippen molar-refractivity contribution in [1.82, 2.24) is 19.8 Å². The largest absolute Gasteiger partial charge is 0.487 e. The molecule has 1 atom stereocenters. The fourth-order valence-electron chi connectivity index (χ4n) is 5.82. The smallest absolute Gasteiger partial charge is 0.258 e. The van der Waals surface area contributed by atoms with Gasteiger partial charge < -0.3 is 10.1 Å². The van der Waals surface area contributed by atoms with Crippen molar-refractivity contribution < 1.29 is 4.74 Å². The number of allylic oxidation sites excluding steroid dienone is 1. The fourth-order valence-corrected chi connectivity index (χ4v) is 5.93. The summed E-state index contributed by atoms with van der Waals surface area (Å²) < 4.78 is 7.49. The summed E-state index contributed by atoms with van der Waals surface area (Å²) in [7, 11) is 0. The normalized spacial score (nSPS) is 21.5. The van der Waals surface area contributed by atoms with Gasteiger partial charge in [0.15, 0.2) is 0 Å². The van der Waals surface area contributed by atoms with E-state index in [0.717, 1.165) is 30.8 Å². The molecule has 6 nitrogen and oxygen atoms in total. The predicted molar refractivity (Wildman–Crippen MR) is 143 cm³/mol. The Hall–Kier alpha value is -2.93. The van der Waals surface area contributed by atoms with Gasteiger partial charge in [-0.1, -0.05) is 29.8 Å². The number of halogens is 1. The fraction of sp³-hybridized carbons (Fsp3) is 0.379. The van der Waals surface area contributed by atoms with E-state index in [1.807, 2.05) is 12.1 Å². The first-order valence-electron chi connectivity index (χ1n) is 12.8. The molecule has 7 heteroatoms. The number of aryl methyl sites for hydroxylation is 1. The highest BCUT2D eigenvalue weighted by molar-refractivity contribution is 6.30. The van der Waals surface area contributed by atoms with Crippen LogP contribution in [0.1, 0.15) is 41.6 Å². The first-order chi connectivity index (χ1) is 17.6. The average molecular weight is 503 g/mol. The van der Waals surface area contributed by atoms with Crippen LogP contribution in [-0.4, -0.2) is 40.6 Å². The van der Waals surface area contributed by atoms with Crippen LogP contribution in [0.5, 0.6) is 5.75 Å². The molecule has 0 radical (unpaired) electrons. The van der Waals surface area contributed by atoms with Crippen molar-refractivity contribution in [2.24, 2.45) is 5.41 Å². The summed E-state index contributed by atoms with van der Waals surface area (Å²) in [6.45, 7) is 6.06. The van der Waals surface area contributed by atoms with E-state index in [1.165, 1.54) is 61.8 Å². The average Bonchev–Trinajstić information content (AvgIpc) is 3.52. The Morgan fingerprint density at radius 2 is 2.06 bits per heavy atom. The van der Waals surface area contributed by atoms with Gasteiger partial charge in [0.05, 0.1) is 10.7 Å². The maximum Gasteiger partial charge on any atom is 0.258 e. The number of aromatic nitrogens is 2. The van der Waals surface area contributed by atoms with E-state index in [4.69, 9.17) is 16.3 Å². The number of pyridine rings is 2. The van der Waals surface area contributed by atoms with Crippen LogP contribution in [0.15, 0.2) is 59.7 Å². The summed E-state index contributed by atoms with van der Waals surface area (Å²) in [6.07, 6.45) is 9.95. The molecule has 1 aliphatic carbocycles. The van der Waals surface area contributed by atoms with E-state index in [2.05, 4.69) is 39.5 Å². The Balaban J connectivity index is 1.12. The van der Waals surface area contributed by atoms with Crippen molar-refractivity contribution in [3.8, 4) is 5.75 Å². The minimum Gasteiger partial charge on any atom is -0.487 e. The molecule has 1 spiro atoms. The third-order valence-corrected chi connectivity index (χ3v) is 8.04. The third kappa shape index (κ3) is 4.99. The molecule has 2 saturated heterocycles. The van der Waals surface area contributed by atoms with Crippen molar-refractivity contribution in [2.45, 2.75) is 38.8 Å². The summed E-state index contributed by atoms with van der Waals surface area (Å²) in [5, 5.41) is 4.13. The number of ether oxygens (including phenoxy) is 1. The highest BCUT2D eigenvalue weighted by Crippen LogP contribution is 2.37. The summed E-state index contributed by atoms with van der Waals surface area (Å²) >= 11 is 5.88. The second-order valence-corrected chi connectivity index (χ2v) is 10.8. The number of rotatable bonds is 6. The van der Waals surface area contributed by atoms with Crippen LogP contribution in [0.25, 0.3) is 11.8 Å². The number of hydrogen-bond acceptors (Lipinski definition) is 5. The van der Waals surface area contributed by atoms with Crippen molar-refractivity contribution >= 4 is 23.4 Å². The molecule has 186 valence electrons. The van der Waals surface area contributed by atoms with E-state index in [1.54, 1.807) is 23.0 Å². The lowest BCUT2D eigenvalue weighted by Gasteiger charge is -2.23. The van der Waals surface area contributed by atoms with E-state index in [0.29, 0.717) is 16.2 Å². The number of hydrogen-bond donors (Lipinski definition) is 1. The van der Waals surface area contributed by atoms with Gasteiger partial charge in [0.1, 0.15) is 12.4 Å². The summed E-state index contributed by atoms with van der Waals surface area (Å²) in [5.41, 5.74) is 6.16. The standard InChI is InChI=1S/C29H31ClN4O2/c30-24-4-5-25(32-16-24)18-36-27-7-11-34(28(35)15-27)26-6-3-22-13-21(1-2-23(22)14-26)17-33-12-9-29(20-33)8-10-31-19-29/h1-2,4-5,7,11,13-16,31H,3,6,8-10,12,17-20H2. The van der Waals surface area contributed by atoms with Crippen molar-refractivity contribution in [1.29, 1.82) is 0 Å². The van der Waals surface area contributed by atoms with Crippen molar-refractivity contribution in [2.75, 3.05) is 26.2 Å². The minimum absolute atomic E-state index is 0.0905. The second kappa shape index (κ2) is 9.85. The highest BCUT2D eigenvalue weighted by Gasteiger charge is 2.40. The monoisotopic (exact) mass is 502 g/mol. The molecule has 4 heterocycles. The van der Waals surface area contributed by atoms with Crippen LogP contribution in [0.3, 0.4) is 0 Å². The Labute approximate surface area is 216 Å². The molecule has 3 aliphatic rings. The van der Waals surface area contributed by atoms with Crippen LogP contribution in [0, 0.1) is 5.41 Å². The number of benzene rings is 1. The molecule has 0 bridgehead atoms. The maximum atomic E-state index is 12.9. The summed E-state index contributed by atoms with van der Waals surface area (Å²) in [5.74, 6) is 0.534. The predicted octanol–water partition coefficient (Wildman–Crippen LogP) is 4.61. The molecular formula is C29H31ClN4O2. The lowest BCUT2D eigenvalue weighted by molar-refractivity contribution is 0.268. The molecule has 3 aromatic rings. The zero-order valence-electron chi connectivity index (χ0n) is 20.4. The van der Waals surface area contributed by atoms with Gasteiger partial charge in [0.2, 0.25) is 0 Å². The van der Waals surface area contributed by atoms with E-state index >= 15 is 0 Å². The van der Waals surface area contributed by atoms with Gasteiger partial charge in [0.25, 0.3) is 5.56 Å². The van der Waals surface area contributed by atoms with Crippen LogP contribution < -0.4 is 15.6 Å². The van der Waals surface area contributed by atoms with Gasteiger partial charge in [-0.25, -0.2) is 0 Å². The second-order valence-electron chi connectivity index (χ2n) is 10.4. The molecule has 2 aromatic heterocycles. The van der Waals surface area contributed by atoms with Crippen LogP contribution in [-0.2, 0) is 19.6 Å². The zero-order chi connectivity index (χ0) is 24.5. The zero-order valence-corrected chi connectivity index (χ0v) is 21.1.